The molecule has 0 aromatic heterocycles. The van der Waals surface area contributed by atoms with E-state index in [4.69, 9.17) is 10.00 Å². The number of hydrogen-bond donors (Lipinski definition) is 1. The van der Waals surface area contributed by atoms with Gasteiger partial charge in [-0.1, -0.05) is 12.1 Å². The van der Waals surface area contributed by atoms with Crippen LogP contribution in [0.2, 0.25) is 0 Å². The summed E-state index contributed by atoms with van der Waals surface area (Å²) in [4.78, 5) is 0. The first-order valence-corrected chi connectivity index (χ1v) is 6.45. The minimum Gasteiger partial charge on any atom is -0.493 e. The van der Waals surface area contributed by atoms with Crippen molar-refractivity contribution in [3.8, 4) is 11.8 Å². The Bertz CT molecular complexity index is 492. The number of rotatable bonds is 6. The van der Waals surface area contributed by atoms with E-state index in [-0.39, 0.29) is 18.4 Å². The van der Waals surface area contributed by atoms with Crippen molar-refractivity contribution in [2.75, 3.05) is 6.61 Å². The van der Waals surface area contributed by atoms with Gasteiger partial charge in [0.15, 0.2) is 0 Å². The van der Waals surface area contributed by atoms with E-state index in [9.17, 15) is 13.2 Å². The maximum Gasteiger partial charge on any atom is 0.419 e. The molecule has 0 heterocycles. The molecule has 0 amide bonds. The molecule has 6 heteroatoms. The third-order valence-corrected chi connectivity index (χ3v) is 3.03. The number of hydrogen-bond acceptors (Lipinski definition) is 3. The summed E-state index contributed by atoms with van der Waals surface area (Å²) in [6, 6.07) is 7.19. The van der Waals surface area contributed by atoms with Gasteiger partial charge in [-0.2, -0.15) is 18.4 Å². The predicted molar refractivity (Wildman–Crippen MR) is 67.1 cm³/mol. The second kappa shape index (κ2) is 6.14. The molecule has 1 atom stereocenters. The Kier molecular flexibility index (Phi) is 4.50. The van der Waals surface area contributed by atoms with E-state index in [0.717, 1.165) is 18.9 Å². The lowest BCUT2D eigenvalue weighted by molar-refractivity contribution is -0.138. The van der Waals surface area contributed by atoms with Gasteiger partial charge in [-0.25, -0.2) is 0 Å². The zero-order valence-electron chi connectivity index (χ0n) is 10.8. The molecule has 1 aromatic rings. The maximum atomic E-state index is 12.7. The van der Waals surface area contributed by atoms with Crippen molar-refractivity contribution >= 4 is 0 Å². The van der Waals surface area contributed by atoms with Crippen molar-refractivity contribution in [1.29, 1.82) is 5.26 Å². The molecule has 0 spiro atoms. The van der Waals surface area contributed by atoms with E-state index in [1.165, 1.54) is 18.2 Å². The molecule has 1 fully saturated rings. The minimum absolute atomic E-state index is 0.0744. The quantitative estimate of drug-likeness (QED) is 0.873. The molecule has 20 heavy (non-hydrogen) atoms. The zero-order chi connectivity index (χ0) is 14.6. The normalized spacial score (nSPS) is 16.5. The number of ether oxygens (including phenoxy) is 1. The van der Waals surface area contributed by atoms with Crippen LogP contribution in [0.25, 0.3) is 0 Å². The van der Waals surface area contributed by atoms with Gasteiger partial charge in [0.05, 0.1) is 24.3 Å². The summed E-state index contributed by atoms with van der Waals surface area (Å²) >= 11 is 0. The fourth-order valence-electron chi connectivity index (χ4n) is 1.83. The molecule has 1 saturated carbocycles. The Morgan fingerprint density at radius 1 is 1.35 bits per heavy atom. The van der Waals surface area contributed by atoms with E-state index < -0.39 is 11.7 Å². The first-order chi connectivity index (χ1) is 9.50. The van der Waals surface area contributed by atoms with Gasteiger partial charge in [0.25, 0.3) is 0 Å². The van der Waals surface area contributed by atoms with Crippen LogP contribution in [0.15, 0.2) is 24.3 Å². The van der Waals surface area contributed by atoms with Crippen molar-refractivity contribution in [3.05, 3.63) is 29.8 Å². The van der Waals surface area contributed by atoms with Crippen molar-refractivity contribution < 1.29 is 17.9 Å². The van der Waals surface area contributed by atoms with Crippen LogP contribution in [0, 0.1) is 11.3 Å². The van der Waals surface area contributed by atoms with Gasteiger partial charge in [0.2, 0.25) is 0 Å². The first-order valence-electron chi connectivity index (χ1n) is 6.45. The molecule has 1 aromatic carbocycles. The highest BCUT2D eigenvalue weighted by Crippen LogP contribution is 2.35. The second-order valence-electron chi connectivity index (χ2n) is 4.75. The Labute approximate surface area is 115 Å². The van der Waals surface area contributed by atoms with Gasteiger partial charge in [0.1, 0.15) is 5.75 Å². The number of alkyl halides is 3. The van der Waals surface area contributed by atoms with Crippen LogP contribution in [0.1, 0.15) is 24.8 Å². The minimum atomic E-state index is -4.43. The highest BCUT2D eigenvalue weighted by molar-refractivity contribution is 5.35. The third kappa shape index (κ3) is 4.14. The summed E-state index contributed by atoms with van der Waals surface area (Å²) in [5.74, 6) is -0.192. The highest BCUT2D eigenvalue weighted by atomic mass is 19.4. The standard InChI is InChI=1S/C14H15F3N2O/c15-14(16,17)12-3-1-2-4-13(12)20-8-7-11(9-18)19-10-5-6-10/h1-4,10-11,19H,5-8H2. The number of nitrogens with zero attached hydrogens (tertiary/aromatic N) is 1. The van der Waals surface area contributed by atoms with Crippen molar-refractivity contribution in [3.63, 3.8) is 0 Å². The molecule has 1 aliphatic rings. The fourth-order valence-corrected chi connectivity index (χ4v) is 1.83. The topological polar surface area (TPSA) is 45.0 Å². The molecule has 0 saturated heterocycles. The number of para-hydroxylation sites is 1. The molecule has 1 N–H and O–H groups in total. The van der Waals surface area contributed by atoms with E-state index >= 15 is 0 Å². The molecule has 0 aliphatic heterocycles. The summed E-state index contributed by atoms with van der Waals surface area (Å²) in [7, 11) is 0. The molecular formula is C14H15F3N2O. The molecular weight excluding hydrogens is 269 g/mol. The fraction of sp³-hybridized carbons (Fsp3) is 0.500. The Hall–Kier alpha value is -1.74. The van der Waals surface area contributed by atoms with Crippen LogP contribution in [0.3, 0.4) is 0 Å². The van der Waals surface area contributed by atoms with E-state index in [2.05, 4.69) is 11.4 Å². The van der Waals surface area contributed by atoms with Crippen LogP contribution >= 0.6 is 0 Å². The van der Waals surface area contributed by atoms with Crippen LogP contribution in [0.5, 0.6) is 5.75 Å². The molecule has 108 valence electrons. The number of nitriles is 1. The van der Waals surface area contributed by atoms with E-state index in [1.54, 1.807) is 0 Å². The second-order valence-corrected chi connectivity index (χ2v) is 4.75. The Balaban J connectivity index is 1.89. The van der Waals surface area contributed by atoms with Crippen LogP contribution < -0.4 is 10.1 Å². The predicted octanol–water partition coefficient (Wildman–Crippen LogP) is 3.12. The third-order valence-electron chi connectivity index (χ3n) is 3.03. The van der Waals surface area contributed by atoms with Crippen molar-refractivity contribution in [2.24, 2.45) is 0 Å². The van der Waals surface area contributed by atoms with Crippen molar-refractivity contribution in [2.45, 2.75) is 37.5 Å². The summed E-state index contributed by atoms with van der Waals surface area (Å²) in [5, 5.41) is 12.0. The SMILES string of the molecule is N#CC(CCOc1ccccc1C(F)(F)F)NC1CC1. The smallest absolute Gasteiger partial charge is 0.419 e. The monoisotopic (exact) mass is 284 g/mol. The van der Waals surface area contributed by atoms with Gasteiger partial charge in [-0.15, -0.1) is 0 Å². The molecule has 2 rings (SSSR count). The van der Waals surface area contributed by atoms with Crippen LogP contribution in [0.4, 0.5) is 13.2 Å². The van der Waals surface area contributed by atoms with Gasteiger partial charge in [-0.3, -0.25) is 5.32 Å². The van der Waals surface area contributed by atoms with Gasteiger partial charge in [-0.05, 0) is 25.0 Å². The highest BCUT2D eigenvalue weighted by Gasteiger charge is 2.34. The molecule has 0 bridgehead atoms. The lowest BCUT2D eigenvalue weighted by Crippen LogP contribution is -2.31. The molecule has 1 aliphatic carbocycles. The van der Waals surface area contributed by atoms with Crippen LogP contribution in [-0.4, -0.2) is 18.7 Å². The van der Waals surface area contributed by atoms with E-state index in [0.29, 0.717) is 12.5 Å². The van der Waals surface area contributed by atoms with Crippen molar-refractivity contribution in [1.82, 2.24) is 5.32 Å². The average molecular weight is 284 g/mol. The first kappa shape index (κ1) is 14.7. The summed E-state index contributed by atoms with van der Waals surface area (Å²) < 4.78 is 43.4. The average Bonchev–Trinajstić information content (AvgIpc) is 3.21. The number of benzene rings is 1. The largest absolute Gasteiger partial charge is 0.493 e. The molecule has 1 unspecified atom stereocenters. The Morgan fingerprint density at radius 3 is 2.65 bits per heavy atom. The lowest BCUT2D eigenvalue weighted by atomic mass is 10.2. The van der Waals surface area contributed by atoms with Gasteiger partial charge >= 0.3 is 6.18 Å². The summed E-state index contributed by atoms with van der Waals surface area (Å²) in [6.07, 6.45) is -1.97. The van der Waals surface area contributed by atoms with Gasteiger partial charge in [0, 0.05) is 12.5 Å². The van der Waals surface area contributed by atoms with Gasteiger partial charge < -0.3 is 4.74 Å². The van der Waals surface area contributed by atoms with Crippen LogP contribution in [-0.2, 0) is 6.18 Å². The molecule has 3 nitrogen and oxygen atoms in total. The molecule has 0 radical (unpaired) electrons. The lowest BCUT2D eigenvalue weighted by Gasteiger charge is -2.15. The number of nitrogens with one attached hydrogen (secondary N) is 1. The maximum absolute atomic E-state index is 12.7. The Morgan fingerprint density at radius 2 is 2.05 bits per heavy atom. The zero-order valence-corrected chi connectivity index (χ0v) is 10.8. The van der Waals surface area contributed by atoms with E-state index in [1.807, 2.05) is 0 Å². The summed E-state index contributed by atoms with van der Waals surface area (Å²) in [5.41, 5.74) is -0.788. The number of halogens is 3. The summed E-state index contributed by atoms with van der Waals surface area (Å²) in [6.45, 7) is 0.0744.